The largest absolute Gasteiger partial charge is 0.497 e. The zero-order valence-electron chi connectivity index (χ0n) is 12.9. The van der Waals surface area contributed by atoms with Gasteiger partial charge in [-0.25, -0.2) is 14.4 Å². The standard InChI is InChI=1S/C17H15FN4O2/c1-24-13-2-3-14(15(18)9-13)17(23)21-10-12-4-5-20-16(8-12)22-7-6-19-11-22/h2-9,11H,10H2,1H3,(H,21,23). The number of amides is 1. The molecule has 122 valence electrons. The van der Waals surface area contributed by atoms with Crippen LogP contribution in [0, 0.1) is 5.82 Å². The molecule has 2 heterocycles. The zero-order chi connectivity index (χ0) is 16.9. The van der Waals surface area contributed by atoms with Crippen LogP contribution < -0.4 is 10.1 Å². The first-order valence-electron chi connectivity index (χ1n) is 7.22. The summed E-state index contributed by atoms with van der Waals surface area (Å²) < 4.78 is 20.6. The van der Waals surface area contributed by atoms with Gasteiger partial charge in [0.1, 0.15) is 23.7 Å². The average molecular weight is 326 g/mol. The number of benzene rings is 1. The lowest BCUT2D eigenvalue weighted by Gasteiger charge is -2.08. The van der Waals surface area contributed by atoms with Crippen molar-refractivity contribution in [3.63, 3.8) is 0 Å². The first kappa shape index (κ1) is 15.7. The van der Waals surface area contributed by atoms with Crippen molar-refractivity contribution in [2.75, 3.05) is 7.11 Å². The highest BCUT2D eigenvalue weighted by molar-refractivity contribution is 5.94. The third-order valence-corrected chi connectivity index (χ3v) is 3.45. The van der Waals surface area contributed by atoms with Crippen molar-refractivity contribution in [2.24, 2.45) is 0 Å². The Morgan fingerprint density at radius 2 is 2.17 bits per heavy atom. The molecule has 0 saturated carbocycles. The molecule has 0 aliphatic carbocycles. The lowest BCUT2D eigenvalue weighted by atomic mass is 10.2. The summed E-state index contributed by atoms with van der Waals surface area (Å²) in [6.07, 6.45) is 6.71. The van der Waals surface area contributed by atoms with E-state index in [-0.39, 0.29) is 12.1 Å². The fourth-order valence-corrected chi connectivity index (χ4v) is 2.19. The number of imidazole rings is 1. The normalized spacial score (nSPS) is 10.4. The van der Waals surface area contributed by atoms with Gasteiger partial charge in [0.05, 0.1) is 12.7 Å². The molecule has 1 amide bonds. The van der Waals surface area contributed by atoms with Gasteiger partial charge in [-0.3, -0.25) is 9.36 Å². The maximum Gasteiger partial charge on any atom is 0.254 e. The Morgan fingerprint density at radius 3 is 2.88 bits per heavy atom. The van der Waals surface area contributed by atoms with Crippen molar-refractivity contribution in [3.8, 4) is 11.6 Å². The van der Waals surface area contributed by atoms with Crippen LogP contribution in [0.3, 0.4) is 0 Å². The summed E-state index contributed by atoms with van der Waals surface area (Å²) in [5.41, 5.74) is 0.815. The van der Waals surface area contributed by atoms with Gasteiger partial charge in [0.15, 0.2) is 0 Å². The van der Waals surface area contributed by atoms with Gasteiger partial charge in [-0.15, -0.1) is 0 Å². The molecular weight excluding hydrogens is 311 g/mol. The molecular formula is C17H15FN4O2. The summed E-state index contributed by atoms with van der Waals surface area (Å²) in [6, 6.07) is 7.73. The van der Waals surface area contributed by atoms with Gasteiger partial charge in [-0.2, -0.15) is 0 Å². The van der Waals surface area contributed by atoms with Gasteiger partial charge >= 0.3 is 0 Å². The van der Waals surface area contributed by atoms with Crippen LogP contribution in [-0.2, 0) is 6.54 Å². The van der Waals surface area contributed by atoms with Crippen LogP contribution in [0.25, 0.3) is 5.82 Å². The van der Waals surface area contributed by atoms with E-state index in [0.29, 0.717) is 11.6 Å². The molecule has 0 fully saturated rings. The van der Waals surface area contributed by atoms with E-state index in [1.165, 1.54) is 19.2 Å². The first-order chi connectivity index (χ1) is 11.7. The minimum atomic E-state index is -0.624. The number of hydrogen-bond donors (Lipinski definition) is 1. The van der Waals surface area contributed by atoms with Gasteiger partial charge in [0.2, 0.25) is 0 Å². The van der Waals surface area contributed by atoms with E-state index >= 15 is 0 Å². The van der Waals surface area contributed by atoms with Crippen molar-refractivity contribution in [1.82, 2.24) is 19.9 Å². The van der Waals surface area contributed by atoms with E-state index in [1.54, 1.807) is 41.6 Å². The van der Waals surface area contributed by atoms with Gasteiger partial charge in [0.25, 0.3) is 5.91 Å². The molecule has 2 aromatic heterocycles. The predicted octanol–water partition coefficient (Wildman–Crippen LogP) is 2.35. The number of halogens is 1. The second-order valence-corrected chi connectivity index (χ2v) is 5.02. The number of methoxy groups -OCH3 is 1. The van der Waals surface area contributed by atoms with Crippen LogP contribution in [-0.4, -0.2) is 27.6 Å². The molecule has 3 rings (SSSR count). The van der Waals surface area contributed by atoms with E-state index in [9.17, 15) is 9.18 Å². The van der Waals surface area contributed by atoms with Crippen LogP contribution in [0.15, 0.2) is 55.2 Å². The molecule has 0 aliphatic rings. The topological polar surface area (TPSA) is 69.0 Å². The third-order valence-electron chi connectivity index (χ3n) is 3.45. The molecule has 0 atom stereocenters. The molecule has 6 nitrogen and oxygen atoms in total. The highest BCUT2D eigenvalue weighted by atomic mass is 19.1. The summed E-state index contributed by atoms with van der Waals surface area (Å²) in [6.45, 7) is 0.258. The number of carbonyl (C=O) groups excluding carboxylic acids is 1. The van der Waals surface area contributed by atoms with Crippen molar-refractivity contribution < 1.29 is 13.9 Å². The van der Waals surface area contributed by atoms with Gasteiger partial charge in [-0.1, -0.05) is 0 Å². The smallest absolute Gasteiger partial charge is 0.254 e. The molecule has 7 heteroatoms. The second-order valence-electron chi connectivity index (χ2n) is 5.02. The van der Waals surface area contributed by atoms with Crippen molar-refractivity contribution >= 4 is 5.91 Å². The van der Waals surface area contributed by atoms with Crippen LogP contribution in [0.1, 0.15) is 15.9 Å². The lowest BCUT2D eigenvalue weighted by molar-refractivity contribution is 0.0947. The number of hydrogen-bond acceptors (Lipinski definition) is 4. The van der Waals surface area contributed by atoms with Crippen molar-refractivity contribution in [2.45, 2.75) is 6.54 Å². The first-order valence-corrected chi connectivity index (χ1v) is 7.22. The fraction of sp³-hybridized carbons (Fsp3) is 0.118. The molecule has 1 aromatic carbocycles. The maximum atomic E-state index is 13.9. The molecule has 0 bridgehead atoms. The number of nitrogens with one attached hydrogen (secondary N) is 1. The summed E-state index contributed by atoms with van der Waals surface area (Å²) in [7, 11) is 1.44. The second kappa shape index (κ2) is 6.91. The summed E-state index contributed by atoms with van der Waals surface area (Å²) in [5, 5.41) is 2.69. The van der Waals surface area contributed by atoms with Crippen molar-refractivity contribution in [3.05, 3.63) is 72.2 Å². The predicted molar refractivity (Wildman–Crippen MR) is 85.5 cm³/mol. The van der Waals surface area contributed by atoms with E-state index in [1.807, 2.05) is 6.07 Å². The summed E-state index contributed by atoms with van der Waals surface area (Å²) >= 11 is 0. The number of nitrogens with zero attached hydrogens (tertiary/aromatic N) is 3. The van der Waals surface area contributed by atoms with E-state index in [0.717, 1.165) is 5.56 Å². The highest BCUT2D eigenvalue weighted by Gasteiger charge is 2.12. The molecule has 0 spiro atoms. The molecule has 1 N–H and O–H groups in total. The van der Waals surface area contributed by atoms with Crippen LogP contribution in [0.5, 0.6) is 5.75 Å². The molecule has 0 radical (unpaired) electrons. The van der Waals surface area contributed by atoms with Gasteiger partial charge in [0, 0.05) is 31.2 Å². The van der Waals surface area contributed by atoms with Crippen molar-refractivity contribution in [1.29, 1.82) is 0 Å². The van der Waals surface area contributed by atoms with Crippen LogP contribution >= 0.6 is 0 Å². The number of carbonyl (C=O) groups is 1. The monoisotopic (exact) mass is 326 g/mol. The Balaban J connectivity index is 1.69. The number of pyridine rings is 1. The third kappa shape index (κ3) is 3.40. The zero-order valence-corrected chi connectivity index (χ0v) is 12.9. The average Bonchev–Trinajstić information content (AvgIpc) is 3.14. The fourth-order valence-electron chi connectivity index (χ4n) is 2.19. The van der Waals surface area contributed by atoms with Crippen LogP contribution in [0.4, 0.5) is 4.39 Å². The Labute approximate surface area is 137 Å². The quantitative estimate of drug-likeness (QED) is 0.781. The molecule has 0 unspecified atom stereocenters. The Hall–Kier alpha value is -3.22. The summed E-state index contributed by atoms with van der Waals surface area (Å²) in [5.74, 6) is -0.0603. The SMILES string of the molecule is COc1ccc(C(=O)NCc2ccnc(-n3ccnc3)c2)c(F)c1. The molecule has 3 aromatic rings. The molecule has 24 heavy (non-hydrogen) atoms. The van der Waals surface area contributed by atoms with E-state index in [2.05, 4.69) is 15.3 Å². The minimum Gasteiger partial charge on any atom is -0.497 e. The number of aromatic nitrogens is 3. The molecule has 0 saturated heterocycles. The van der Waals surface area contributed by atoms with Gasteiger partial charge in [-0.05, 0) is 29.8 Å². The molecule has 0 aliphatic heterocycles. The number of ether oxygens (including phenoxy) is 1. The maximum absolute atomic E-state index is 13.9. The minimum absolute atomic E-state index is 0.0281. The van der Waals surface area contributed by atoms with Gasteiger partial charge < -0.3 is 10.1 Å². The Kier molecular flexibility index (Phi) is 4.51. The van der Waals surface area contributed by atoms with Crippen LogP contribution in [0.2, 0.25) is 0 Å². The summed E-state index contributed by atoms with van der Waals surface area (Å²) in [4.78, 5) is 20.3. The lowest BCUT2D eigenvalue weighted by Crippen LogP contribution is -2.24. The Bertz CT molecular complexity index is 850. The highest BCUT2D eigenvalue weighted by Crippen LogP contribution is 2.16. The number of rotatable bonds is 5. The Morgan fingerprint density at radius 1 is 1.29 bits per heavy atom. The van der Waals surface area contributed by atoms with E-state index < -0.39 is 11.7 Å². The van der Waals surface area contributed by atoms with E-state index in [4.69, 9.17) is 4.74 Å².